The molecule has 1 aliphatic heterocycles. The molecule has 1 fully saturated rings. The minimum absolute atomic E-state index is 0.0778. The van der Waals surface area contributed by atoms with Gasteiger partial charge in [-0.15, -0.1) is 0 Å². The summed E-state index contributed by atoms with van der Waals surface area (Å²) in [4.78, 5) is 17.3. The Morgan fingerprint density at radius 1 is 1.07 bits per heavy atom. The molecule has 1 atom stereocenters. The Morgan fingerprint density at radius 3 is 2.30 bits per heavy atom. The first-order chi connectivity index (χ1) is 12.9. The van der Waals surface area contributed by atoms with Crippen LogP contribution in [0.2, 0.25) is 0 Å². The second-order valence-electron chi connectivity index (χ2n) is 7.76. The molecule has 0 aromatic heterocycles. The van der Waals surface area contributed by atoms with Crippen molar-refractivity contribution in [2.75, 3.05) is 32.1 Å². The van der Waals surface area contributed by atoms with Crippen molar-refractivity contribution < 1.29 is 9.53 Å². The van der Waals surface area contributed by atoms with Crippen LogP contribution >= 0.6 is 0 Å². The van der Waals surface area contributed by atoms with Gasteiger partial charge in [0, 0.05) is 45.0 Å². The standard InChI is InChI=1S/C23H30N2O2/c1-17-12-18(2)14-20(13-17)23(26)25(16-22-6-5-11-27-22)15-19-7-9-21(10-8-19)24(3)4/h7-10,12-14,22H,5-6,11,15-16H2,1-4H3. The van der Waals surface area contributed by atoms with Crippen LogP contribution in [0, 0.1) is 13.8 Å². The van der Waals surface area contributed by atoms with Crippen LogP contribution in [0.25, 0.3) is 0 Å². The molecule has 27 heavy (non-hydrogen) atoms. The van der Waals surface area contributed by atoms with Gasteiger partial charge < -0.3 is 14.5 Å². The molecule has 0 aliphatic carbocycles. The highest BCUT2D eigenvalue weighted by Crippen LogP contribution is 2.20. The van der Waals surface area contributed by atoms with Crippen molar-refractivity contribution >= 4 is 11.6 Å². The average Bonchev–Trinajstić information content (AvgIpc) is 3.13. The summed E-state index contributed by atoms with van der Waals surface area (Å²) < 4.78 is 5.80. The van der Waals surface area contributed by atoms with E-state index in [1.54, 1.807) is 0 Å². The lowest BCUT2D eigenvalue weighted by Gasteiger charge is -2.26. The molecule has 1 unspecified atom stereocenters. The van der Waals surface area contributed by atoms with E-state index in [1.165, 1.54) is 0 Å². The number of amides is 1. The normalized spacial score (nSPS) is 16.4. The third-order valence-electron chi connectivity index (χ3n) is 5.03. The molecule has 1 saturated heterocycles. The predicted molar refractivity (Wildman–Crippen MR) is 110 cm³/mol. The highest BCUT2D eigenvalue weighted by Gasteiger charge is 2.24. The molecule has 1 heterocycles. The maximum Gasteiger partial charge on any atom is 0.254 e. The van der Waals surface area contributed by atoms with Crippen LogP contribution in [0.1, 0.15) is 39.9 Å². The maximum atomic E-state index is 13.3. The molecule has 2 aromatic carbocycles. The van der Waals surface area contributed by atoms with Crippen LogP contribution in [0.15, 0.2) is 42.5 Å². The number of aryl methyl sites for hydroxylation is 2. The number of nitrogens with zero attached hydrogens (tertiary/aromatic N) is 2. The third-order valence-corrected chi connectivity index (χ3v) is 5.03. The SMILES string of the molecule is Cc1cc(C)cc(C(=O)N(Cc2ccc(N(C)C)cc2)CC2CCCO2)c1. The van der Waals surface area contributed by atoms with Crippen molar-refractivity contribution in [1.29, 1.82) is 0 Å². The van der Waals surface area contributed by atoms with Gasteiger partial charge in [-0.05, 0) is 56.5 Å². The summed E-state index contributed by atoms with van der Waals surface area (Å²) in [6, 6.07) is 14.5. The van der Waals surface area contributed by atoms with E-state index in [2.05, 4.69) is 35.2 Å². The summed E-state index contributed by atoms with van der Waals surface area (Å²) in [5.74, 6) is 0.0778. The van der Waals surface area contributed by atoms with Crippen LogP contribution in [0.4, 0.5) is 5.69 Å². The van der Waals surface area contributed by atoms with Gasteiger partial charge in [-0.25, -0.2) is 0 Å². The van der Waals surface area contributed by atoms with E-state index in [0.29, 0.717) is 13.1 Å². The highest BCUT2D eigenvalue weighted by atomic mass is 16.5. The van der Waals surface area contributed by atoms with E-state index in [-0.39, 0.29) is 12.0 Å². The van der Waals surface area contributed by atoms with Gasteiger partial charge in [0.25, 0.3) is 5.91 Å². The molecule has 3 rings (SSSR count). The quantitative estimate of drug-likeness (QED) is 0.768. The molecule has 0 bridgehead atoms. The molecule has 4 nitrogen and oxygen atoms in total. The van der Waals surface area contributed by atoms with Crippen LogP contribution in [0.5, 0.6) is 0 Å². The topological polar surface area (TPSA) is 32.8 Å². The summed E-state index contributed by atoms with van der Waals surface area (Å²) in [5.41, 5.74) is 5.29. The number of carbonyl (C=O) groups is 1. The molecule has 1 amide bonds. The molecular formula is C23H30N2O2. The highest BCUT2D eigenvalue weighted by molar-refractivity contribution is 5.94. The van der Waals surface area contributed by atoms with Gasteiger partial charge in [0.15, 0.2) is 0 Å². The van der Waals surface area contributed by atoms with Gasteiger partial charge in [-0.3, -0.25) is 4.79 Å². The van der Waals surface area contributed by atoms with Crippen molar-refractivity contribution in [2.24, 2.45) is 0 Å². The average molecular weight is 367 g/mol. The lowest BCUT2D eigenvalue weighted by Crippen LogP contribution is -2.37. The maximum absolute atomic E-state index is 13.3. The van der Waals surface area contributed by atoms with Crippen LogP contribution < -0.4 is 4.90 Å². The monoisotopic (exact) mass is 366 g/mol. The Kier molecular flexibility index (Phi) is 6.17. The van der Waals surface area contributed by atoms with E-state index in [4.69, 9.17) is 4.74 Å². The largest absolute Gasteiger partial charge is 0.378 e. The van der Waals surface area contributed by atoms with Crippen molar-refractivity contribution in [3.63, 3.8) is 0 Å². The fraction of sp³-hybridized carbons (Fsp3) is 0.435. The zero-order valence-corrected chi connectivity index (χ0v) is 16.9. The smallest absolute Gasteiger partial charge is 0.254 e. The van der Waals surface area contributed by atoms with Gasteiger partial charge in [0.1, 0.15) is 0 Å². The molecule has 0 saturated carbocycles. The lowest BCUT2D eigenvalue weighted by molar-refractivity contribution is 0.0507. The van der Waals surface area contributed by atoms with E-state index in [0.717, 1.165) is 47.4 Å². The van der Waals surface area contributed by atoms with Gasteiger partial charge in [-0.1, -0.05) is 29.3 Å². The summed E-state index contributed by atoms with van der Waals surface area (Å²) in [7, 11) is 4.06. The second-order valence-corrected chi connectivity index (χ2v) is 7.76. The van der Waals surface area contributed by atoms with Crippen molar-refractivity contribution in [3.05, 3.63) is 64.7 Å². The number of carbonyl (C=O) groups excluding carboxylic acids is 1. The Balaban J connectivity index is 1.82. The first kappa shape index (κ1) is 19.4. The molecule has 0 spiro atoms. The number of hydrogen-bond acceptors (Lipinski definition) is 3. The van der Waals surface area contributed by atoms with Crippen molar-refractivity contribution in [1.82, 2.24) is 4.90 Å². The van der Waals surface area contributed by atoms with Gasteiger partial charge in [-0.2, -0.15) is 0 Å². The number of rotatable bonds is 6. The molecule has 1 aliphatic rings. The Hall–Kier alpha value is -2.33. The number of hydrogen-bond donors (Lipinski definition) is 0. The minimum Gasteiger partial charge on any atom is -0.378 e. The Morgan fingerprint density at radius 2 is 1.74 bits per heavy atom. The van der Waals surface area contributed by atoms with Gasteiger partial charge >= 0.3 is 0 Å². The zero-order chi connectivity index (χ0) is 19.4. The van der Waals surface area contributed by atoms with E-state index in [9.17, 15) is 4.79 Å². The Bertz CT molecular complexity index is 757. The minimum atomic E-state index is 0.0778. The molecule has 0 radical (unpaired) electrons. The fourth-order valence-corrected chi connectivity index (χ4v) is 3.65. The van der Waals surface area contributed by atoms with Gasteiger partial charge in [0.05, 0.1) is 6.10 Å². The fourth-order valence-electron chi connectivity index (χ4n) is 3.65. The number of ether oxygens (including phenoxy) is 1. The molecule has 4 heteroatoms. The summed E-state index contributed by atoms with van der Waals surface area (Å²) in [6.07, 6.45) is 2.24. The number of anilines is 1. The predicted octanol–water partition coefficient (Wildman–Crippen LogP) is 4.19. The summed E-state index contributed by atoms with van der Waals surface area (Å²) in [6.45, 7) is 6.11. The number of benzene rings is 2. The van der Waals surface area contributed by atoms with Crippen LogP contribution in [-0.4, -0.2) is 44.2 Å². The van der Waals surface area contributed by atoms with Crippen LogP contribution in [-0.2, 0) is 11.3 Å². The summed E-state index contributed by atoms with van der Waals surface area (Å²) >= 11 is 0. The molecule has 2 aromatic rings. The first-order valence-corrected chi connectivity index (χ1v) is 9.68. The van der Waals surface area contributed by atoms with E-state index >= 15 is 0 Å². The van der Waals surface area contributed by atoms with E-state index in [1.807, 2.05) is 45.0 Å². The van der Waals surface area contributed by atoms with E-state index < -0.39 is 0 Å². The van der Waals surface area contributed by atoms with Crippen molar-refractivity contribution in [2.45, 2.75) is 39.3 Å². The molecule has 0 N–H and O–H groups in total. The molecular weight excluding hydrogens is 336 g/mol. The molecule has 144 valence electrons. The third kappa shape index (κ3) is 5.10. The zero-order valence-electron chi connectivity index (χ0n) is 16.9. The van der Waals surface area contributed by atoms with Crippen LogP contribution in [0.3, 0.4) is 0 Å². The second kappa shape index (κ2) is 8.57. The van der Waals surface area contributed by atoms with Crippen molar-refractivity contribution in [3.8, 4) is 0 Å². The lowest BCUT2D eigenvalue weighted by atomic mass is 10.1. The first-order valence-electron chi connectivity index (χ1n) is 9.68. The van der Waals surface area contributed by atoms with Gasteiger partial charge in [0.2, 0.25) is 0 Å². The summed E-state index contributed by atoms with van der Waals surface area (Å²) in [5, 5.41) is 0. The Labute approximate surface area is 162 Å².